The van der Waals surface area contributed by atoms with Crippen LogP contribution in [0.15, 0.2) is 30.5 Å². The Kier molecular flexibility index (Phi) is 5.31. The molecule has 1 saturated heterocycles. The first kappa shape index (κ1) is 21.1. The Morgan fingerprint density at radius 1 is 1.21 bits per heavy atom. The number of piperidine rings is 1. The second-order valence-corrected chi connectivity index (χ2v) is 8.04. The van der Waals surface area contributed by atoms with Crippen molar-refractivity contribution in [3.8, 4) is 11.6 Å². The molecule has 2 N–H and O–H groups in total. The number of methoxy groups -OCH3 is 1. The Bertz CT molecular complexity index is 1330. The molecule has 0 radical (unpaired) electrons. The van der Waals surface area contributed by atoms with E-state index in [0.717, 1.165) is 30.5 Å². The number of nitrogens with zero attached hydrogens (tertiary/aromatic N) is 6. The molecule has 1 aliphatic heterocycles. The third-order valence-electron chi connectivity index (χ3n) is 5.89. The van der Waals surface area contributed by atoms with Crippen molar-refractivity contribution in [2.24, 2.45) is 0 Å². The smallest absolute Gasteiger partial charge is 0.388 e. The zero-order chi connectivity index (χ0) is 23.1. The topological polar surface area (TPSA) is 104 Å². The molecule has 11 heteroatoms. The molecular formula is C22H23F2N7O2. The third kappa shape index (κ3) is 3.94. The van der Waals surface area contributed by atoms with Gasteiger partial charge in [0, 0.05) is 36.0 Å². The van der Waals surface area contributed by atoms with Gasteiger partial charge in [-0.2, -0.15) is 13.3 Å². The maximum absolute atomic E-state index is 12.5. The van der Waals surface area contributed by atoms with Gasteiger partial charge in [-0.3, -0.25) is 0 Å². The second kappa shape index (κ2) is 8.30. The lowest BCUT2D eigenvalue weighted by molar-refractivity contribution is -0.0533. The van der Waals surface area contributed by atoms with E-state index in [9.17, 15) is 8.78 Å². The normalized spacial score (nSPS) is 16.6. The number of halogens is 2. The number of benzene rings is 1. The fourth-order valence-electron chi connectivity index (χ4n) is 4.28. The number of hydrogen-bond donors (Lipinski definition) is 1. The van der Waals surface area contributed by atoms with E-state index in [1.54, 1.807) is 24.7 Å². The van der Waals surface area contributed by atoms with Crippen LogP contribution in [0.25, 0.3) is 16.6 Å². The number of aromatic nitrogens is 5. The molecule has 0 amide bonds. The summed E-state index contributed by atoms with van der Waals surface area (Å²) in [6, 6.07) is 7.39. The first-order chi connectivity index (χ1) is 15.9. The first-order valence-electron chi connectivity index (χ1n) is 10.6. The molecule has 4 heterocycles. The molecule has 172 valence electrons. The van der Waals surface area contributed by atoms with Crippen LogP contribution in [-0.4, -0.2) is 51.4 Å². The van der Waals surface area contributed by atoms with Crippen LogP contribution in [0.5, 0.6) is 11.6 Å². The van der Waals surface area contributed by atoms with E-state index in [4.69, 9.17) is 15.5 Å². The molecule has 4 aromatic rings. The van der Waals surface area contributed by atoms with Crippen LogP contribution in [-0.2, 0) is 0 Å². The minimum Gasteiger partial charge on any atom is -0.497 e. The van der Waals surface area contributed by atoms with E-state index in [1.807, 2.05) is 24.3 Å². The van der Waals surface area contributed by atoms with Gasteiger partial charge >= 0.3 is 6.61 Å². The van der Waals surface area contributed by atoms with Crippen LogP contribution < -0.4 is 20.1 Å². The molecule has 0 bridgehead atoms. The minimum absolute atomic E-state index is 0.0594. The second-order valence-electron chi connectivity index (χ2n) is 8.04. The lowest BCUT2D eigenvalue weighted by atomic mass is 9.97. The predicted molar refractivity (Wildman–Crippen MR) is 119 cm³/mol. The molecule has 1 aromatic carbocycles. The van der Waals surface area contributed by atoms with Gasteiger partial charge < -0.3 is 20.1 Å². The maximum Gasteiger partial charge on any atom is 0.388 e. The van der Waals surface area contributed by atoms with Crippen molar-refractivity contribution < 1.29 is 18.3 Å². The molecule has 33 heavy (non-hydrogen) atoms. The average Bonchev–Trinajstić information content (AvgIpc) is 3.26. The van der Waals surface area contributed by atoms with Gasteiger partial charge in [-0.25, -0.2) is 15.0 Å². The number of ether oxygens (including phenoxy) is 2. The van der Waals surface area contributed by atoms with Gasteiger partial charge in [-0.05, 0) is 38.0 Å². The summed E-state index contributed by atoms with van der Waals surface area (Å²) in [5.74, 6) is 1.65. The fraction of sp³-hybridized carbons (Fsp3) is 0.364. The molecule has 0 aliphatic carbocycles. The van der Waals surface area contributed by atoms with Crippen LogP contribution in [0.4, 0.5) is 20.4 Å². The molecular weight excluding hydrogens is 432 g/mol. The van der Waals surface area contributed by atoms with Gasteiger partial charge in [0.05, 0.1) is 24.5 Å². The third-order valence-corrected chi connectivity index (χ3v) is 5.89. The summed E-state index contributed by atoms with van der Waals surface area (Å²) in [4.78, 5) is 15.5. The zero-order valence-electron chi connectivity index (χ0n) is 18.2. The number of nitrogens with two attached hydrogens (primary N) is 1. The molecule has 9 nitrogen and oxygen atoms in total. The van der Waals surface area contributed by atoms with Crippen LogP contribution in [0, 0.1) is 6.92 Å². The molecule has 1 fully saturated rings. The van der Waals surface area contributed by atoms with E-state index in [1.165, 1.54) is 0 Å². The van der Waals surface area contributed by atoms with Crippen molar-refractivity contribution in [3.63, 3.8) is 0 Å². The molecule has 0 spiro atoms. The van der Waals surface area contributed by atoms with Gasteiger partial charge in [0.1, 0.15) is 5.75 Å². The Morgan fingerprint density at radius 3 is 2.82 bits per heavy atom. The highest BCUT2D eigenvalue weighted by molar-refractivity contribution is 5.93. The summed E-state index contributed by atoms with van der Waals surface area (Å²) in [5, 5.41) is 5.50. The van der Waals surface area contributed by atoms with Crippen LogP contribution in [0.1, 0.15) is 30.1 Å². The predicted octanol–water partition coefficient (Wildman–Crippen LogP) is 3.56. The summed E-state index contributed by atoms with van der Waals surface area (Å²) in [6.07, 6.45) is 3.42. The number of rotatable bonds is 5. The molecule has 1 atom stereocenters. The highest BCUT2D eigenvalue weighted by Crippen LogP contribution is 2.32. The van der Waals surface area contributed by atoms with Crippen molar-refractivity contribution in [2.75, 3.05) is 30.8 Å². The molecule has 1 aliphatic rings. The molecule has 0 unspecified atom stereocenters. The largest absolute Gasteiger partial charge is 0.497 e. The number of alkyl halides is 2. The molecule has 5 rings (SSSR count). The first-order valence-corrected chi connectivity index (χ1v) is 10.6. The number of hydrogen-bond acceptors (Lipinski definition) is 8. The summed E-state index contributed by atoms with van der Waals surface area (Å²) in [7, 11) is 1.60. The molecule has 0 saturated carbocycles. The van der Waals surface area contributed by atoms with Crippen LogP contribution in [0.2, 0.25) is 0 Å². The summed E-state index contributed by atoms with van der Waals surface area (Å²) < 4.78 is 36.4. The van der Waals surface area contributed by atoms with Gasteiger partial charge in [0.25, 0.3) is 0 Å². The van der Waals surface area contributed by atoms with E-state index < -0.39 is 6.61 Å². The molecule has 3 aromatic heterocycles. The van der Waals surface area contributed by atoms with Gasteiger partial charge in [0.15, 0.2) is 11.5 Å². The van der Waals surface area contributed by atoms with Gasteiger partial charge in [-0.15, -0.1) is 5.10 Å². The Balaban J connectivity index is 1.45. The highest BCUT2D eigenvalue weighted by Gasteiger charge is 2.26. The number of fused-ring (bicyclic) bond motifs is 3. The van der Waals surface area contributed by atoms with E-state index in [-0.39, 0.29) is 17.7 Å². The monoisotopic (exact) mass is 455 g/mol. The van der Waals surface area contributed by atoms with Crippen LogP contribution in [0.3, 0.4) is 0 Å². The highest BCUT2D eigenvalue weighted by atomic mass is 19.3. The van der Waals surface area contributed by atoms with Crippen molar-refractivity contribution in [2.45, 2.75) is 32.3 Å². The lowest BCUT2D eigenvalue weighted by Crippen LogP contribution is -2.35. The number of anilines is 2. The quantitative estimate of drug-likeness (QED) is 0.487. The summed E-state index contributed by atoms with van der Waals surface area (Å²) in [5.41, 5.74) is 8.91. The Hall–Kier alpha value is -3.76. The van der Waals surface area contributed by atoms with Crippen molar-refractivity contribution in [3.05, 3.63) is 41.9 Å². The SMILES string of the molecule is COc1ccc2c(c1)nc(N)n1nc([C@@H]3CCCN(c4cnc(OC(F)F)c(C)c4)C3)nc21. The Labute approximate surface area is 188 Å². The summed E-state index contributed by atoms with van der Waals surface area (Å²) in [6.45, 7) is 0.301. The van der Waals surface area contributed by atoms with Crippen molar-refractivity contribution in [1.29, 1.82) is 0 Å². The van der Waals surface area contributed by atoms with E-state index in [2.05, 4.69) is 24.7 Å². The maximum atomic E-state index is 12.5. The fourth-order valence-corrected chi connectivity index (χ4v) is 4.28. The van der Waals surface area contributed by atoms with E-state index >= 15 is 0 Å². The lowest BCUT2D eigenvalue weighted by Gasteiger charge is -2.33. The minimum atomic E-state index is -2.90. The zero-order valence-corrected chi connectivity index (χ0v) is 18.2. The standard InChI is InChI=1S/C22H23F2N7O2/c1-12-8-14(10-26-20(12)33-21(23)24)30-7-3-4-13(11-30)18-28-19-16-6-5-15(32-2)9-17(16)27-22(25)31(19)29-18/h5-6,8-10,13,21H,3-4,7,11H2,1-2H3,(H2,25,27)/t13-/m1/s1. The number of pyridine rings is 1. The van der Waals surface area contributed by atoms with Crippen LogP contribution >= 0.6 is 0 Å². The van der Waals surface area contributed by atoms with E-state index in [0.29, 0.717) is 34.8 Å². The number of aryl methyl sites for hydroxylation is 1. The van der Waals surface area contributed by atoms with Gasteiger partial charge in [0.2, 0.25) is 11.8 Å². The Morgan fingerprint density at radius 2 is 2.06 bits per heavy atom. The average molecular weight is 455 g/mol. The number of nitrogen functional groups attached to an aromatic ring is 1. The van der Waals surface area contributed by atoms with Crippen molar-refractivity contribution >= 4 is 28.2 Å². The summed E-state index contributed by atoms with van der Waals surface area (Å²) >= 11 is 0. The van der Waals surface area contributed by atoms with Crippen molar-refractivity contribution in [1.82, 2.24) is 24.6 Å². The van der Waals surface area contributed by atoms with Gasteiger partial charge in [-0.1, -0.05) is 0 Å².